The van der Waals surface area contributed by atoms with Crippen molar-refractivity contribution in [1.29, 1.82) is 0 Å². The fourth-order valence-electron chi connectivity index (χ4n) is 2.62. The highest BCUT2D eigenvalue weighted by atomic mass is 16.7. The van der Waals surface area contributed by atoms with Crippen LogP contribution in [-0.4, -0.2) is 31.9 Å². The summed E-state index contributed by atoms with van der Waals surface area (Å²) in [6.45, 7) is 7.88. The molecule has 5 nitrogen and oxygen atoms in total. The third-order valence-corrected chi connectivity index (χ3v) is 4.45. The first-order valence-electron chi connectivity index (χ1n) is 8.81. The molecule has 0 spiro atoms. The number of aromatic hydroxyl groups is 1. The Morgan fingerprint density at radius 1 is 1.18 bits per heavy atom. The van der Waals surface area contributed by atoms with E-state index in [0.29, 0.717) is 28.2 Å². The molecule has 0 heterocycles. The molecule has 0 saturated carbocycles. The molecule has 0 aliphatic rings. The van der Waals surface area contributed by atoms with Crippen LogP contribution in [0.1, 0.15) is 35.3 Å². The summed E-state index contributed by atoms with van der Waals surface area (Å²) in [6, 6.07) is 10.2. The van der Waals surface area contributed by atoms with Gasteiger partial charge in [0.25, 0.3) is 0 Å². The molecule has 0 aliphatic carbocycles. The summed E-state index contributed by atoms with van der Waals surface area (Å²) in [6.07, 6.45) is 4.92. The highest BCUT2D eigenvalue weighted by molar-refractivity contribution is 6.07. The average molecular weight is 382 g/mol. The van der Waals surface area contributed by atoms with Gasteiger partial charge in [-0.05, 0) is 42.5 Å². The van der Waals surface area contributed by atoms with Gasteiger partial charge in [-0.25, -0.2) is 0 Å². The minimum absolute atomic E-state index is 0.122. The van der Waals surface area contributed by atoms with E-state index in [0.717, 1.165) is 0 Å². The van der Waals surface area contributed by atoms with Crippen LogP contribution >= 0.6 is 0 Å². The molecule has 28 heavy (non-hydrogen) atoms. The second kappa shape index (κ2) is 9.24. The summed E-state index contributed by atoms with van der Waals surface area (Å²) >= 11 is 0. The van der Waals surface area contributed by atoms with E-state index in [-0.39, 0.29) is 18.3 Å². The van der Waals surface area contributed by atoms with Gasteiger partial charge in [-0.2, -0.15) is 0 Å². The lowest BCUT2D eigenvalue weighted by Gasteiger charge is -2.23. The largest absolute Gasteiger partial charge is 0.507 e. The fourth-order valence-corrected chi connectivity index (χ4v) is 2.62. The van der Waals surface area contributed by atoms with E-state index >= 15 is 0 Å². The number of carbonyl (C=O) groups is 1. The molecule has 0 fully saturated rings. The minimum atomic E-state index is -0.430. The molecule has 0 saturated heterocycles. The van der Waals surface area contributed by atoms with Crippen LogP contribution in [0.3, 0.4) is 0 Å². The van der Waals surface area contributed by atoms with Gasteiger partial charge in [0, 0.05) is 35.3 Å². The zero-order chi connectivity index (χ0) is 20.7. The van der Waals surface area contributed by atoms with Gasteiger partial charge in [0.2, 0.25) is 0 Å². The van der Waals surface area contributed by atoms with Crippen LogP contribution < -0.4 is 9.47 Å². The van der Waals surface area contributed by atoms with Crippen LogP contribution in [0, 0.1) is 0 Å². The molecule has 2 aromatic rings. The topological polar surface area (TPSA) is 65.0 Å². The molecule has 0 atom stereocenters. The molecule has 0 unspecified atom stereocenters. The molecular weight excluding hydrogens is 356 g/mol. The Hall–Kier alpha value is -3.05. The second-order valence-corrected chi connectivity index (χ2v) is 6.81. The number of rotatable bonds is 9. The van der Waals surface area contributed by atoms with Gasteiger partial charge >= 0.3 is 0 Å². The predicted octanol–water partition coefficient (Wildman–Crippen LogP) is 4.74. The zero-order valence-corrected chi connectivity index (χ0v) is 16.7. The molecule has 0 bridgehead atoms. The van der Waals surface area contributed by atoms with Gasteiger partial charge in [-0.15, -0.1) is 6.58 Å². The van der Waals surface area contributed by atoms with Crippen LogP contribution in [0.4, 0.5) is 0 Å². The first-order chi connectivity index (χ1) is 13.3. The third kappa shape index (κ3) is 5.02. The molecule has 5 heteroatoms. The zero-order valence-electron chi connectivity index (χ0n) is 16.7. The van der Waals surface area contributed by atoms with Crippen LogP contribution in [0.25, 0.3) is 6.08 Å². The number of phenols is 1. The van der Waals surface area contributed by atoms with Crippen molar-refractivity contribution in [2.75, 3.05) is 21.0 Å². The van der Waals surface area contributed by atoms with Gasteiger partial charge < -0.3 is 19.3 Å². The average Bonchev–Trinajstić information content (AvgIpc) is 2.70. The van der Waals surface area contributed by atoms with Crippen molar-refractivity contribution in [3.63, 3.8) is 0 Å². The Bertz CT molecular complexity index is 863. The Labute approximate surface area is 165 Å². The number of carbonyl (C=O) groups excluding carboxylic acids is 1. The van der Waals surface area contributed by atoms with Crippen molar-refractivity contribution in [3.05, 3.63) is 71.8 Å². The molecular formula is C23H26O5. The normalized spacial score (nSPS) is 11.4. The molecule has 0 aliphatic heterocycles. The van der Waals surface area contributed by atoms with Crippen molar-refractivity contribution < 1.29 is 24.1 Å². The number of hydrogen-bond donors (Lipinski definition) is 1. The summed E-state index contributed by atoms with van der Waals surface area (Å²) < 4.78 is 15.5. The van der Waals surface area contributed by atoms with Gasteiger partial charge in [0.15, 0.2) is 12.6 Å². The molecule has 1 N–H and O–H groups in total. The Morgan fingerprint density at radius 3 is 2.43 bits per heavy atom. The van der Waals surface area contributed by atoms with E-state index in [2.05, 4.69) is 6.58 Å². The summed E-state index contributed by atoms with van der Waals surface area (Å²) in [5, 5.41) is 10.3. The van der Waals surface area contributed by atoms with Crippen molar-refractivity contribution in [2.24, 2.45) is 0 Å². The Morgan fingerprint density at radius 2 is 1.86 bits per heavy atom. The third-order valence-electron chi connectivity index (χ3n) is 4.45. The van der Waals surface area contributed by atoms with Crippen LogP contribution in [-0.2, 0) is 10.2 Å². The number of phenolic OH excluding ortho intramolecular Hbond substituents is 1. The van der Waals surface area contributed by atoms with Crippen LogP contribution in [0.2, 0.25) is 0 Å². The summed E-state index contributed by atoms with van der Waals surface area (Å²) in [5.74, 6) is 1.07. The summed E-state index contributed by atoms with van der Waals surface area (Å²) in [7, 11) is 3.06. The predicted molar refractivity (Wildman–Crippen MR) is 110 cm³/mol. The SMILES string of the molecule is C=CC(C)(C)c1cc(/C=C/C(=O)c2ccc(OCOC)cc2)c(OC)cc1O. The van der Waals surface area contributed by atoms with E-state index in [4.69, 9.17) is 14.2 Å². The monoisotopic (exact) mass is 382 g/mol. The highest BCUT2D eigenvalue weighted by Crippen LogP contribution is 2.37. The summed E-state index contributed by atoms with van der Waals surface area (Å²) in [5.41, 5.74) is 1.50. The molecule has 0 aromatic heterocycles. The number of benzene rings is 2. The molecule has 2 rings (SSSR count). The van der Waals surface area contributed by atoms with E-state index in [1.54, 1.807) is 55.7 Å². The van der Waals surface area contributed by atoms with Gasteiger partial charge in [0.05, 0.1) is 7.11 Å². The molecule has 0 amide bonds. The van der Waals surface area contributed by atoms with E-state index in [1.807, 2.05) is 13.8 Å². The highest BCUT2D eigenvalue weighted by Gasteiger charge is 2.22. The van der Waals surface area contributed by atoms with E-state index in [9.17, 15) is 9.90 Å². The maximum atomic E-state index is 12.5. The number of ether oxygens (including phenoxy) is 3. The maximum Gasteiger partial charge on any atom is 0.188 e. The lowest BCUT2D eigenvalue weighted by atomic mass is 9.83. The quantitative estimate of drug-likeness (QED) is 0.294. The smallest absolute Gasteiger partial charge is 0.188 e. The van der Waals surface area contributed by atoms with Crippen LogP contribution in [0.15, 0.2) is 55.1 Å². The summed E-state index contributed by atoms with van der Waals surface area (Å²) in [4.78, 5) is 12.5. The Balaban J connectivity index is 2.28. The van der Waals surface area contributed by atoms with Crippen molar-refractivity contribution in [2.45, 2.75) is 19.3 Å². The van der Waals surface area contributed by atoms with E-state index in [1.165, 1.54) is 13.2 Å². The van der Waals surface area contributed by atoms with Crippen molar-refractivity contribution in [1.82, 2.24) is 0 Å². The fraction of sp³-hybridized carbons (Fsp3) is 0.261. The maximum absolute atomic E-state index is 12.5. The van der Waals surface area contributed by atoms with Gasteiger partial charge in [-0.1, -0.05) is 19.9 Å². The van der Waals surface area contributed by atoms with Crippen molar-refractivity contribution in [3.8, 4) is 17.2 Å². The van der Waals surface area contributed by atoms with Gasteiger partial charge in [-0.3, -0.25) is 4.79 Å². The van der Waals surface area contributed by atoms with E-state index < -0.39 is 5.41 Å². The number of hydrogen-bond acceptors (Lipinski definition) is 5. The molecule has 0 radical (unpaired) electrons. The second-order valence-electron chi connectivity index (χ2n) is 6.81. The van der Waals surface area contributed by atoms with Crippen LogP contribution in [0.5, 0.6) is 17.2 Å². The minimum Gasteiger partial charge on any atom is -0.507 e. The first kappa shape index (κ1) is 21.3. The molecule has 148 valence electrons. The number of ketones is 1. The lowest BCUT2D eigenvalue weighted by molar-refractivity contribution is 0.0511. The number of methoxy groups -OCH3 is 2. The number of allylic oxidation sites excluding steroid dienone is 2. The molecule has 2 aromatic carbocycles. The Kier molecular flexibility index (Phi) is 7.01. The van der Waals surface area contributed by atoms with Gasteiger partial charge in [0.1, 0.15) is 17.2 Å². The standard InChI is InChI=1S/C23H26O5/c1-6-23(2,3)19-13-17(22(27-5)14-21(19)25)9-12-20(24)16-7-10-18(11-8-16)28-15-26-4/h6-14,25H,1,15H2,2-5H3/b12-9+. The lowest BCUT2D eigenvalue weighted by Crippen LogP contribution is -2.13. The van der Waals surface area contributed by atoms with Crippen molar-refractivity contribution >= 4 is 11.9 Å². The first-order valence-corrected chi connectivity index (χ1v) is 8.81.